The fourth-order valence-electron chi connectivity index (χ4n) is 2.13. The van der Waals surface area contributed by atoms with Crippen LogP contribution in [0.15, 0.2) is 24.3 Å². The third kappa shape index (κ3) is 5.41. The average molecular weight is 308 g/mol. The Bertz CT molecular complexity index is 501. The van der Waals surface area contributed by atoms with Crippen LogP contribution in [0, 0.1) is 0 Å². The molecule has 0 bridgehead atoms. The van der Waals surface area contributed by atoms with Gasteiger partial charge >= 0.3 is 0 Å². The number of anilines is 1. The SMILES string of the molecule is NC(=S)c1cccc(NC(=O)CCOCC2CCCO2)c1. The van der Waals surface area contributed by atoms with Gasteiger partial charge in [0.2, 0.25) is 5.91 Å². The van der Waals surface area contributed by atoms with Crippen LogP contribution in [0.5, 0.6) is 0 Å². The van der Waals surface area contributed by atoms with Crippen molar-refractivity contribution >= 4 is 28.8 Å². The Labute approximate surface area is 129 Å². The molecule has 6 heteroatoms. The zero-order valence-electron chi connectivity index (χ0n) is 11.8. The molecule has 1 aromatic rings. The van der Waals surface area contributed by atoms with E-state index < -0.39 is 0 Å². The van der Waals surface area contributed by atoms with Gasteiger partial charge in [-0.3, -0.25) is 4.79 Å². The summed E-state index contributed by atoms with van der Waals surface area (Å²) in [6.07, 6.45) is 2.63. The molecule has 1 atom stereocenters. The van der Waals surface area contributed by atoms with Gasteiger partial charge in [-0.2, -0.15) is 0 Å². The second kappa shape index (κ2) is 8.07. The van der Waals surface area contributed by atoms with Gasteiger partial charge < -0.3 is 20.5 Å². The first-order valence-electron chi connectivity index (χ1n) is 7.04. The lowest BCUT2D eigenvalue weighted by Gasteiger charge is -2.10. The number of nitrogens with two attached hydrogens (primary N) is 1. The average Bonchev–Trinajstić information content (AvgIpc) is 2.97. The molecule has 0 radical (unpaired) electrons. The van der Waals surface area contributed by atoms with Crippen molar-refractivity contribution in [1.82, 2.24) is 0 Å². The van der Waals surface area contributed by atoms with Gasteiger partial charge in [0.25, 0.3) is 0 Å². The van der Waals surface area contributed by atoms with E-state index >= 15 is 0 Å². The summed E-state index contributed by atoms with van der Waals surface area (Å²) in [7, 11) is 0. The molecular formula is C15H20N2O3S. The summed E-state index contributed by atoms with van der Waals surface area (Å²) in [6.45, 7) is 1.76. The summed E-state index contributed by atoms with van der Waals surface area (Å²) in [4.78, 5) is 12.1. The summed E-state index contributed by atoms with van der Waals surface area (Å²) in [5.41, 5.74) is 6.98. The van der Waals surface area contributed by atoms with Crippen LogP contribution in [0.25, 0.3) is 0 Å². The predicted molar refractivity (Wildman–Crippen MR) is 85.4 cm³/mol. The minimum atomic E-state index is -0.0950. The van der Waals surface area contributed by atoms with Crippen molar-refractivity contribution in [3.05, 3.63) is 29.8 Å². The number of amides is 1. The first kappa shape index (κ1) is 15.9. The van der Waals surface area contributed by atoms with Crippen LogP contribution in [0.3, 0.4) is 0 Å². The Hall–Kier alpha value is -1.50. The summed E-state index contributed by atoms with van der Waals surface area (Å²) in [6, 6.07) is 7.17. The van der Waals surface area contributed by atoms with Crippen molar-refractivity contribution in [3.8, 4) is 0 Å². The van der Waals surface area contributed by atoms with E-state index in [1.807, 2.05) is 6.07 Å². The largest absolute Gasteiger partial charge is 0.389 e. The Morgan fingerprint density at radius 2 is 2.38 bits per heavy atom. The highest BCUT2D eigenvalue weighted by atomic mass is 32.1. The lowest BCUT2D eigenvalue weighted by atomic mass is 10.2. The third-order valence-corrected chi connectivity index (χ3v) is 3.47. The van der Waals surface area contributed by atoms with E-state index in [1.54, 1.807) is 18.2 Å². The Kier molecular flexibility index (Phi) is 6.10. The van der Waals surface area contributed by atoms with E-state index in [-0.39, 0.29) is 12.0 Å². The van der Waals surface area contributed by atoms with E-state index in [4.69, 9.17) is 27.4 Å². The molecule has 1 amide bonds. The number of thiocarbonyl (C=S) groups is 1. The summed E-state index contributed by atoms with van der Waals surface area (Å²) < 4.78 is 10.9. The number of ether oxygens (including phenoxy) is 2. The van der Waals surface area contributed by atoms with E-state index in [9.17, 15) is 4.79 Å². The van der Waals surface area contributed by atoms with Crippen LogP contribution < -0.4 is 11.1 Å². The first-order chi connectivity index (χ1) is 10.1. The Morgan fingerprint density at radius 1 is 1.52 bits per heavy atom. The summed E-state index contributed by atoms with van der Waals surface area (Å²) in [5.74, 6) is -0.0950. The number of benzene rings is 1. The van der Waals surface area contributed by atoms with Crippen LogP contribution in [-0.2, 0) is 14.3 Å². The van der Waals surface area contributed by atoms with Crippen molar-refractivity contribution in [2.75, 3.05) is 25.1 Å². The van der Waals surface area contributed by atoms with Crippen LogP contribution in [0.2, 0.25) is 0 Å². The molecule has 0 aliphatic carbocycles. The smallest absolute Gasteiger partial charge is 0.226 e. The van der Waals surface area contributed by atoms with Gasteiger partial charge in [-0.05, 0) is 25.0 Å². The summed E-state index contributed by atoms with van der Waals surface area (Å²) in [5, 5.41) is 2.80. The molecule has 5 nitrogen and oxygen atoms in total. The highest BCUT2D eigenvalue weighted by molar-refractivity contribution is 7.80. The molecule has 0 spiro atoms. The molecule has 2 rings (SSSR count). The number of hydrogen-bond donors (Lipinski definition) is 2. The molecule has 1 heterocycles. The molecule has 21 heavy (non-hydrogen) atoms. The van der Waals surface area contributed by atoms with E-state index in [1.165, 1.54) is 0 Å². The summed E-state index contributed by atoms with van der Waals surface area (Å²) >= 11 is 4.91. The van der Waals surface area contributed by atoms with Crippen LogP contribution >= 0.6 is 12.2 Å². The van der Waals surface area contributed by atoms with E-state index in [0.29, 0.717) is 30.3 Å². The molecule has 1 aliphatic rings. The first-order valence-corrected chi connectivity index (χ1v) is 7.45. The van der Waals surface area contributed by atoms with Crippen molar-refractivity contribution in [3.63, 3.8) is 0 Å². The lowest BCUT2D eigenvalue weighted by molar-refractivity contribution is -0.117. The van der Waals surface area contributed by atoms with Gasteiger partial charge in [0.1, 0.15) is 4.99 Å². The van der Waals surface area contributed by atoms with Gasteiger partial charge in [-0.1, -0.05) is 24.4 Å². The number of carbonyl (C=O) groups excluding carboxylic acids is 1. The van der Waals surface area contributed by atoms with Gasteiger partial charge in [0.05, 0.1) is 25.7 Å². The molecule has 1 aliphatic heterocycles. The molecule has 0 aromatic heterocycles. The topological polar surface area (TPSA) is 73.6 Å². The van der Waals surface area contributed by atoms with Crippen molar-refractivity contribution in [2.45, 2.75) is 25.4 Å². The Morgan fingerprint density at radius 3 is 3.10 bits per heavy atom. The second-order valence-corrected chi connectivity index (χ2v) is 5.39. The zero-order chi connectivity index (χ0) is 15.1. The fraction of sp³-hybridized carbons (Fsp3) is 0.467. The number of rotatable bonds is 7. The van der Waals surface area contributed by atoms with Crippen molar-refractivity contribution in [1.29, 1.82) is 0 Å². The quantitative estimate of drug-likeness (QED) is 0.594. The standard InChI is InChI=1S/C15H20N2O3S/c16-15(21)11-3-1-4-12(9-11)17-14(18)6-8-19-10-13-5-2-7-20-13/h1,3-4,9,13H,2,5-8,10H2,(H2,16,21)(H,17,18). The van der Waals surface area contributed by atoms with E-state index in [0.717, 1.165) is 25.0 Å². The van der Waals surface area contributed by atoms with Gasteiger partial charge in [0, 0.05) is 17.9 Å². The minimum Gasteiger partial charge on any atom is -0.389 e. The number of nitrogens with one attached hydrogen (secondary N) is 1. The number of carbonyl (C=O) groups is 1. The molecule has 1 aromatic carbocycles. The molecule has 1 fully saturated rings. The maximum Gasteiger partial charge on any atom is 0.226 e. The maximum atomic E-state index is 11.8. The predicted octanol–water partition coefficient (Wildman–Crippen LogP) is 1.85. The molecule has 3 N–H and O–H groups in total. The number of hydrogen-bond acceptors (Lipinski definition) is 4. The van der Waals surface area contributed by atoms with Crippen LogP contribution in [0.4, 0.5) is 5.69 Å². The lowest BCUT2D eigenvalue weighted by Crippen LogP contribution is -2.18. The molecule has 0 saturated carbocycles. The van der Waals surface area contributed by atoms with Crippen molar-refractivity contribution < 1.29 is 14.3 Å². The van der Waals surface area contributed by atoms with E-state index in [2.05, 4.69) is 5.32 Å². The van der Waals surface area contributed by atoms with Crippen LogP contribution in [0.1, 0.15) is 24.8 Å². The highest BCUT2D eigenvalue weighted by Crippen LogP contribution is 2.13. The fourth-order valence-corrected chi connectivity index (χ4v) is 2.26. The zero-order valence-corrected chi connectivity index (χ0v) is 12.7. The second-order valence-electron chi connectivity index (χ2n) is 4.95. The van der Waals surface area contributed by atoms with Gasteiger partial charge in [-0.15, -0.1) is 0 Å². The molecule has 1 unspecified atom stereocenters. The Balaban J connectivity index is 1.69. The van der Waals surface area contributed by atoms with Gasteiger partial charge in [0.15, 0.2) is 0 Å². The van der Waals surface area contributed by atoms with Crippen LogP contribution in [-0.4, -0.2) is 36.8 Å². The minimum absolute atomic E-state index is 0.0950. The van der Waals surface area contributed by atoms with Gasteiger partial charge in [-0.25, -0.2) is 0 Å². The monoisotopic (exact) mass is 308 g/mol. The maximum absolute atomic E-state index is 11.8. The molecular weight excluding hydrogens is 288 g/mol. The normalized spacial score (nSPS) is 17.6. The van der Waals surface area contributed by atoms with Crippen molar-refractivity contribution in [2.24, 2.45) is 5.73 Å². The molecule has 114 valence electrons. The third-order valence-electron chi connectivity index (χ3n) is 3.23. The molecule has 1 saturated heterocycles. The highest BCUT2D eigenvalue weighted by Gasteiger charge is 2.15.